The van der Waals surface area contributed by atoms with Crippen LogP contribution < -0.4 is 15.4 Å². The summed E-state index contributed by atoms with van der Waals surface area (Å²) in [4.78, 5) is 15.6. The maximum atomic E-state index is 12.9. The van der Waals surface area contributed by atoms with Gasteiger partial charge in [-0.2, -0.15) is 0 Å². The first-order valence-corrected chi connectivity index (χ1v) is 9.82. The van der Waals surface area contributed by atoms with Crippen molar-refractivity contribution in [3.63, 3.8) is 0 Å². The van der Waals surface area contributed by atoms with Gasteiger partial charge in [0.2, 0.25) is 5.91 Å². The average Bonchev–Trinajstić information content (AvgIpc) is 3.04. The van der Waals surface area contributed by atoms with Gasteiger partial charge < -0.3 is 10.6 Å². The number of pyridine rings is 1. The molecule has 2 heterocycles. The van der Waals surface area contributed by atoms with E-state index in [1.54, 1.807) is 30.3 Å². The highest BCUT2D eigenvalue weighted by atomic mass is 32.2. The van der Waals surface area contributed by atoms with E-state index in [-0.39, 0.29) is 23.0 Å². The zero-order chi connectivity index (χ0) is 19.7. The Balaban J connectivity index is 1.48. The number of rotatable bonds is 5. The molecule has 142 valence electrons. The third kappa shape index (κ3) is 3.79. The molecule has 0 fully saturated rings. The second-order valence-electron chi connectivity index (χ2n) is 6.21. The zero-order valence-electron chi connectivity index (χ0n) is 14.4. The van der Waals surface area contributed by atoms with Gasteiger partial charge in [0.1, 0.15) is 11.6 Å². The maximum Gasteiger partial charge on any atom is 0.261 e. The number of sulfonamides is 1. The lowest BCUT2D eigenvalue weighted by atomic mass is 10.2. The Labute approximate surface area is 160 Å². The smallest absolute Gasteiger partial charge is 0.261 e. The third-order valence-electron chi connectivity index (χ3n) is 4.14. The highest BCUT2D eigenvalue weighted by molar-refractivity contribution is 7.92. The van der Waals surface area contributed by atoms with Crippen LogP contribution in [0.1, 0.15) is 5.56 Å². The molecular weight excluding hydrogens is 383 g/mol. The topological polar surface area (TPSA) is 100 Å². The second-order valence-corrected chi connectivity index (χ2v) is 7.90. The Kier molecular flexibility index (Phi) is 4.44. The van der Waals surface area contributed by atoms with Crippen LogP contribution in [0.5, 0.6) is 0 Å². The molecule has 0 saturated carbocycles. The summed E-state index contributed by atoms with van der Waals surface area (Å²) in [7, 11) is -3.82. The van der Waals surface area contributed by atoms with Crippen molar-refractivity contribution in [2.45, 2.75) is 11.3 Å². The molecule has 2 aromatic carbocycles. The van der Waals surface area contributed by atoms with Crippen LogP contribution in [-0.2, 0) is 21.2 Å². The number of carbonyl (C=O) groups is 1. The number of nitrogens with zero attached hydrogens (tertiary/aromatic N) is 1. The molecule has 0 unspecified atom stereocenters. The van der Waals surface area contributed by atoms with Gasteiger partial charge in [-0.05, 0) is 60.2 Å². The lowest BCUT2D eigenvalue weighted by molar-refractivity contribution is -0.115. The van der Waals surface area contributed by atoms with Crippen LogP contribution in [0.2, 0.25) is 0 Å². The van der Waals surface area contributed by atoms with E-state index in [2.05, 4.69) is 20.3 Å². The van der Waals surface area contributed by atoms with Crippen LogP contribution >= 0.6 is 0 Å². The van der Waals surface area contributed by atoms with E-state index in [9.17, 15) is 17.6 Å². The van der Waals surface area contributed by atoms with Gasteiger partial charge in [-0.3, -0.25) is 9.52 Å². The molecule has 1 amide bonds. The van der Waals surface area contributed by atoms with Gasteiger partial charge in [-0.25, -0.2) is 17.8 Å². The molecule has 3 aromatic rings. The van der Waals surface area contributed by atoms with Crippen LogP contribution in [0.15, 0.2) is 65.7 Å². The predicted octanol–water partition coefficient (Wildman–Crippen LogP) is 3.26. The van der Waals surface area contributed by atoms with Crippen LogP contribution in [0.3, 0.4) is 0 Å². The molecular formula is C19H15FN4O3S. The van der Waals surface area contributed by atoms with Gasteiger partial charge >= 0.3 is 0 Å². The Morgan fingerprint density at radius 2 is 1.75 bits per heavy atom. The molecule has 1 aliphatic rings. The van der Waals surface area contributed by atoms with Gasteiger partial charge in [0.15, 0.2) is 0 Å². The fourth-order valence-electron chi connectivity index (χ4n) is 2.80. The van der Waals surface area contributed by atoms with Crippen molar-refractivity contribution >= 4 is 38.8 Å². The number of benzene rings is 2. The van der Waals surface area contributed by atoms with Crippen LogP contribution in [0.4, 0.5) is 27.3 Å². The van der Waals surface area contributed by atoms with E-state index in [1.165, 1.54) is 30.5 Å². The van der Waals surface area contributed by atoms with Gasteiger partial charge in [0.25, 0.3) is 10.0 Å². The van der Waals surface area contributed by atoms with E-state index in [0.717, 1.165) is 0 Å². The summed E-state index contributed by atoms with van der Waals surface area (Å²) in [6, 6.07) is 13.4. The van der Waals surface area contributed by atoms with Gasteiger partial charge in [-0.15, -0.1) is 0 Å². The Morgan fingerprint density at radius 1 is 1.00 bits per heavy atom. The molecule has 0 radical (unpaired) electrons. The summed E-state index contributed by atoms with van der Waals surface area (Å²) in [5, 5.41) is 5.65. The van der Waals surface area contributed by atoms with E-state index < -0.39 is 10.0 Å². The number of hydrogen-bond donors (Lipinski definition) is 3. The SMILES string of the molecule is O=C1Cc2cc(S(=O)(=O)Nc3ccc(Nc4ccc(F)cc4)nc3)ccc2N1. The van der Waals surface area contributed by atoms with E-state index in [0.29, 0.717) is 28.4 Å². The number of amides is 1. The van der Waals surface area contributed by atoms with Crippen LogP contribution in [0, 0.1) is 5.82 Å². The van der Waals surface area contributed by atoms with E-state index >= 15 is 0 Å². The molecule has 4 rings (SSSR count). The molecule has 0 aliphatic carbocycles. The van der Waals surface area contributed by atoms with Crippen molar-refractivity contribution in [1.82, 2.24) is 4.98 Å². The number of nitrogens with one attached hydrogen (secondary N) is 3. The van der Waals surface area contributed by atoms with Gasteiger partial charge in [-0.1, -0.05) is 0 Å². The van der Waals surface area contributed by atoms with E-state index in [4.69, 9.17) is 0 Å². The predicted molar refractivity (Wildman–Crippen MR) is 104 cm³/mol. The highest BCUT2D eigenvalue weighted by Crippen LogP contribution is 2.27. The third-order valence-corrected chi connectivity index (χ3v) is 5.52. The summed E-state index contributed by atoms with van der Waals surface area (Å²) in [6.45, 7) is 0. The summed E-state index contributed by atoms with van der Waals surface area (Å²) in [5.74, 6) is -0.0161. The van der Waals surface area contributed by atoms with Crippen molar-refractivity contribution in [2.75, 3.05) is 15.4 Å². The highest BCUT2D eigenvalue weighted by Gasteiger charge is 2.22. The van der Waals surface area contributed by atoms with Crippen molar-refractivity contribution in [2.24, 2.45) is 0 Å². The minimum atomic E-state index is -3.82. The van der Waals surface area contributed by atoms with Crippen molar-refractivity contribution in [1.29, 1.82) is 0 Å². The molecule has 28 heavy (non-hydrogen) atoms. The Morgan fingerprint density at radius 3 is 2.46 bits per heavy atom. The minimum Gasteiger partial charge on any atom is -0.340 e. The molecule has 3 N–H and O–H groups in total. The maximum absolute atomic E-state index is 12.9. The van der Waals surface area contributed by atoms with Crippen LogP contribution in [0.25, 0.3) is 0 Å². The molecule has 0 saturated heterocycles. The fourth-order valence-corrected chi connectivity index (χ4v) is 3.89. The number of carbonyl (C=O) groups excluding carboxylic acids is 1. The number of aromatic nitrogens is 1. The molecule has 0 atom stereocenters. The minimum absolute atomic E-state index is 0.0660. The number of fused-ring (bicyclic) bond motifs is 1. The molecule has 9 heteroatoms. The quantitative estimate of drug-likeness (QED) is 0.613. The molecule has 1 aliphatic heterocycles. The molecule has 7 nitrogen and oxygen atoms in total. The number of halogens is 1. The monoisotopic (exact) mass is 398 g/mol. The second kappa shape index (κ2) is 6.93. The van der Waals surface area contributed by atoms with Gasteiger partial charge in [0, 0.05) is 11.4 Å². The molecule has 1 aromatic heterocycles. The number of anilines is 4. The molecule has 0 spiro atoms. The van der Waals surface area contributed by atoms with Gasteiger partial charge in [0.05, 0.1) is 23.2 Å². The lowest BCUT2D eigenvalue weighted by Crippen LogP contribution is -2.13. The lowest BCUT2D eigenvalue weighted by Gasteiger charge is -2.10. The first-order chi connectivity index (χ1) is 13.4. The summed E-state index contributed by atoms with van der Waals surface area (Å²) >= 11 is 0. The van der Waals surface area contributed by atoms with E-state index in [1.807, 2.05) is 0 Å². The Bertz CT molecular complexity index is 1150. The standard InChI is InChI=1S/C19H15FN4O3S/c20-13-1-3-14(4-2-13)22-18-8-5-15(11-21-18)24-28(26,27)16-6-7-17-12(9-16)10-19(25)23-17/h1-9,11,24H,10H2,(H,21,22)(H,23,25). The van der Waals surface area contributed by atoms with Crippen molar-refractivity contribution in [3.05, 3.63) is 72.2 Å². The average molecular weight is 398 g/mol. The summed E-state index contributed by atoms with van der Waals surface area (Å²) in [6.07, 6.45) is 1.53. The number of hydrogen-bond acceptors (Lipinski definition) is 5. The normalized spacial score (nSPS) is 13.0. The van der Waals surface area contributed by atoms with Crippen molar-refractivity contribution < 1.29 is 17.6 Å². The van der Waals surface area contributed by atoms with Crippen molar-refractivity contribution in [3.8, 4) is 0 Å². The largest absolute Gasteiger partial charge is 0.340 e. The Hall–Kier alpha value is -3.46. The zero-order valence-corrected chi connectivity index (χ0v) is 15.3. The first-order valence-electron chi connectivity index (χ1n) is 8.33. The summed E-state index contributed by atoms with van der Waals surface area (Å²) in [5.41, 5.74) is 2.22. The summed E-state index contributed by atoms with van der Waals surface area (Å²) < 4.78 is 40.6. The molecule has 0 bridgehead atoms. The fraction of sp³-hybridized carbons (Fsp3) is 0.0526. The first kappa shape index (κ1) is 17.9. The van der Waals surface area contributed by atoms with Crippen LogP contribution in [-0.4, -0.2) is 19.3 Å².